The zero-order chi connectivity index (χ0) is 17.7. The van der Waals surface area contributed by atoms with Gasteiger partial charge in [-0.3, -0.25) is 14.9 Å². The highest BCUT2D eigenvalue weighted by molar-refractivity contribution is 7.15. The summed E-state index contributed by atoms with van der Waals surface area (Å²) in [7, 11) is 0. The van der Waals surface area contributed by atoms with Gasteiger partial charge in [-0.15, -0.1) is 0 Å². The van der Waals surface area contributed by atoms with Crippen molar-refractivity contribution in [3.05, 3.63) is 59.1 Å². The summed E-state index contributed by atoms with van der Waals surface area (Å²) in [6.07, 6.45) is 2.75. The Kier molecular flexibility index (Phi) is 5.48. The molecule has 0 aliphatic carbocycles. The molecule has 0 unspecified atom stereocenters. The summed E-state index contributed by atoms with van der Waals surface area (Å²) in [6.45, 7) is 7.08. The van der Waals surface area contributed by atoms with E-state index in [4.69, 9.17) is 0 Å². The first-order chi connectivity index (χ1) is 11.3. The predicted molar refractivity (Wildman–Crippen MR) is 93.8 cm³/mol. The smallest absolute Gasteiger partial charge is 0.257 e. The maximum Gasteiger partial charge on any atom is 0.257 e. The van der Waals surface area contributed by atoms with Crippen molar-refractivity contribution in [1.82, 2.24) is 10.3 Å². The number of thiazole rings is 1. The van der Waals surface area contributed by atoms with Crippen LogP contribution in [0.1, 0.15) is 34.6 Å². The molecule has 126 valence electrons. The van der Waals surface area contributed by atoms with Gasteiger partial charge in [-0.25, -0.2) is 4.98 Å². The van der Waals surface area contributed by atoms with Crippen molar-refractivity contribution in [2.75, 3.05) is 5.32 Å². The summed E-state index contributed by atoms with van der Waals surface area (Å²) in [5, 5.41) is 15.7. The molecular formula is C17H19N3O3S. The zero-order valence-corrected chi connectivity index (χ0v) is 14.3. The molecule has 1 aromatic heterocycles. The quantitative estimate of drug-likeness (QED) is 0.701. The highest BCUT2D eigenvalue weighted by Crippen LogP contribution is 2.28. The fourth-order valence-corrected chi connectivity index (χ4v) is 2.63. The first-order valence-electron chi connectivity index (χ1n) is 7.29. The monoisotopic (exact) mass is 345 g/mol. The van der Waals surface area contributed by atoms with Crippen LogP contribution in [0.3, 0.4) is 0 Å². The first-order valence-corrected chi connectivity index (χ1v) is 8.10. The SMILES string of the molecule is C=CC(=O)NCc1ccc(C(=O)Nc2ncc(C(C)(C)O)s2)cc1. The van der Waals surface area contributed by atoms with E-state index in [-0.39, 0.29) is 11.8 Å². The maximum absolute atomic E-state index is 12.2. The molecule has 0 aliphatic rings. The third kappa shape index (κ3) is 4.74. The van der Waals surface area contributed by atoms with Crippen LogP contribution in [0.2, 0.25) is 0 Å². The molecule has 0 saturated carbocycles. The van der Waals surface area contributed by atoms with Gasteiger partial charge in [0, 0.05) is 18.3 Å². The Morgan fingerprint density at radius 1 is 1.33 bits per heavy atom. The lowest BCUT2D eigenvalue weighted by atomic mass is 10.1. The topological polar surface area (TPSA) is 91.3 Å². The van der Waals surface area contributed by atoms with Gasteiger partial charge in [0.25, 0.3) is 5.91 Å². The van der Waals surface area contributed by atoms with E-state index in [0.717, 1.165) is 5.56 Å². The molecule has 2 amide bonds. The molecule has 0 aliphatic heterocycles. The van der Waals surface area contributed by atoms with Crippen molar-refractivity contribution >= 4 is 28.3 Å². The van der Waals surface area contributed by atoms with Crippen molar-refractivity contribution < 1.29 is 14.7 Å². The molecule has 0 saturated heterocycles. The first kappa shape index (κ1) is 17.8. The Morgan fingerprint density at radius 3 is 2.54 bits per heavy atom. The fraction of sp³-hybridized carbons (Fsp3) is 0.235. The number of amides is 2. The summed E-state index contributed by atoms with van der Waals surface area (Å²) < 4.78 is 0. The molecule has 0 atom stereocenters. The lowest BCUT2D eigenvalue weighted by molar-refractivity contribution is -0.116. The minimum atomic E-state index is -0.988. The molecule has 6 nitrogen and oxygen atoms in total. The Morgan fingerprint density at radius 2 is 2.00 bits per heavy atom. The van der Waals surface area contributed by atoms with E-state index < -0.39 is 5.60 Å². The highest BCUT2D eigenvalue weighted by atomic mass is 32.1. The van der Waals surface area contributed by atoms with Crippen molar-refractivity contribution in [3.63, 3.8) is 0 Å². The van der Waals surface area contributed by atoms with Crippen molar-refractivity contribution in [2.45, 2.75) is 26.0 Å². The summed E-state index contributed by atoms with van der Waals surface area (Å²) in [4.78, 5) is 28.1. The molecule has 0 bridgehead atoms. The number of nitrogens with one attached hydrogen (secondary N) is 2. The van der Waals surface area contributed by atoms with Gasteiger partial charge in [-0.05, 0) is 37.6 Å². The van der Waals surface area contributed by atoms with Gasteiger partial charge in [0.15, 0.2) is 5.13 Å². The van der Waals surface area contributed by atoms with E-state index in [1.165, 1.54) is 17.4 Å². The molecule has 2 aromatic rings. The Balaban J connectivity index is 1.98. The van der Waals surface area contributed by atoms with E-state index in [9.17, 15) is 14.7 Å². The van der Waals surface area contributed by atoms with E-state index in [1.54, 1.807) is 44.3 Å². The minimum absolute atomic E-state index is 0.247. The van der Waals surface area contributed by atoms with Gasteiger partial charge < -0.3 is 10.4 Å². The number of benzene rings is 1. The molecule has 3 N–H and O–H groups in total. The number of carbonyl (C=O) groups excluding carboxylic acids is 2. The second-order valence-corrected chi connectivity index (χ2v) is 6.69. The van der Waals surface area contributed by atoms with Crippen LogP contribution in [-0.2, 0) is 16.9 Å². The lowest BCUT2D eigenvalue weighted by Gasteiger charge is -2.13. The van der Waals surface area contributed by atoms with Crippen molar-refractivity contribution in [1.29, 1.82) is 0 Å². The largest absolute Gasteiger partial charge is 0.385 e. The van der Waals surface area contributed by atoms with Crippen LogP contribution in [0.25, 0.3) is 0 Å². The van der Waals surface area contributed by atoms with Crippen molar-refractivity contribution in [3.8, 4) is 0 Å². The van der Waals surface area contributed by atoms with Crippen molar-refractivity contribution in [2.24, 2.45) is 0 Å². The summed E-state index contributed by atoms with van der Waals surface area (Å²) in [5.74, 6) is -0.531. The third-order valence-electron chi connectivity index (χ3n) is 3.20. The Hall–Kier alpha value is -2.51. The second kappa shape index (κ2) is 7.37. The molecule has 0 spiro atoms. The molecule has 0 fully saturated rings. The van der Waals surface area contributed by atoms with Gasteiger partial charge >= 0.3 is 0 Å². The highest BCUT2D eigenvalue weighted by Gasteiger charge is 2.20. The van der Waals surface area contributed by atoms with E-state index in [0.29, 0.717) is 22.1 Å². The van der Waals surface area contributed by atoms with E-state index >= 15 is 0 Å². The van der Waals surface area contributed by atoms with Gasteiger partial charge in [-0.2, -0.15) is 0 Å². The number of rotatable bonds is 6. The van der Waals surface area contributed by atoms with Crippen LogP contribution in [0.5, 0.6) is 0 Å². The average Bonchev–Trinajstić information content (AvgIpc) is 3.01. The maximum atomic E-state index is 12.2. The van der Waals surface area contributed by atoms with Crippen LogP contribution >= 0.6 is 11.3 Å². The lowest BCUT2D eigenvalue weighted by Crippen LogP contribution is -2.20. The van der Waals surface area contributed by atoms with Crippen LogP contribution < -0.4 is 10.6 Å². The second-order valence-electron chi connectivity index (χ2n) is 5.66. The Labute approximate surface area is 144 Å². The summed E-state index contributed by atoms with van der Waals surface area (Å²) >= 11 is 1.23. The number of hydrogen-bond donors (Lipinski definition) is 3. The molecular weight excluding hydrogens is 326 g/mol. The average molecular weight is 345 g/mol. The van der Waals surface area contributed by atoms with Crippen LogP contribution in [0.15, 0.2) is 43.1 Å². The number of carbonyl (C=O) groups is 2. The molecule has 2 rings (SSSR count). The molecule has 1 heterocycles. The van der Waals surface area contributed by atoms with E-state index in [2.05, 4.69) is 22.2 Å². The molecule has 1 aromatic carbocycles. The zero-order valence-electron chi connectivity index (χ0n) is 13.5. The number of nitrogens with zero attached hydrogens (tertiary/aromatic N) is 1. The van der Waals surface area contributed by atoms with Crippen LogP contribution in [0.4, 0.5) is 5.13 Å². The van der Waals surface area contributed by atoms with E-state index in [1.807, 2.05) is 0 Å². The minimum Gasteiger partial charge on any atom is -0.385 e. The molecule has 7 heteroatoms. The van der Waals surface area contributed by atoms with Crippen LogP contribution in [-0.4, -0.2) is 21.9 Å². The van der Waals surface area contributed by atoms with Gasteiger partial charge in [0.1, 0.15) is 0 Å². The molecule has 0 radical (unpaired) electrons. The number of hydrogen-bond acceptors (Lipinski definition) is 5. The van der Waals surface area contributed by atoms with Gasteiger partial charge in [0.05, 0.1) is 10.5 Å². The van der Waals surface area contributed by atoms with Gasteiger partial charge in [-0.1, -0.05) is 30.0 Å². The Bertz CT molecular complexity index is 745. The summed E-state index contributed by atoms with van der Waals surface area (Å²) in [5.41, 5.74) is 0.368. The normalized spacial score (nSPS) is 11.0. The summed E-state index contributed by atoms with van der Waals surface area (Å²) in [6, 6.07) is 6.88. The molecule has 24 heavy (non-hydrogen) atoms. The van der Waals surface area contributed by atoms with Crippen LogP contribution in [0, 0.1) is 0 Å². The number of aliphatic hydroxyl groups is 1. The third-order valence-corrected chi connectivity index (χ3v) is 4.42. The standard InChI is InChI=1S/C17H19N3O3S/c1-4-14(21)18-9-11-5-7-12(8-6-11)15(22)20-16-19-10-13(24-16)17(2,3)23/h4-8,10,23H,1,9H2,2-3H3,(H,18,21)(H,19,20,22). The van der Waals surface area contributed by atoms with Gasteiger partial charge in [0.2, 0.25) is 5.91 Å². The number of aromatic nitrogens is 1. The fourth-order valence-electron chi connectivity index (χ4n) is 1.82. The number of anilines is 1. The predicted octanol–water partition coefficient (Wildman–Crippen LogP) is 2.43.